The van der Waals surface area contributed by atoms with Crippen molar-refractivity contribution in [1.29, 1.82) is 0 Å². The zero-order valence-electron chi connectivity index (χ0n) is 15.8. The van der Waals surface area contributed by atoms with Gasteiger partial charge < -0.3 is 10.1 Å². The molecule has 4 aromatic rings. The summed E-state index contributed by atoms with van der Waals surface area (Å²) in [6.07, 6.45) is -2.71. The fourth-order valence-electron chi connectivity index (χ4n) is 3.08. The van der Waals surface area contributed by atoms with Crippen molar-refractivity contribution in [2.75, 3.05) is 12.4 Å². The molecule has 0 atom stereocenters. The molecule has 1 N–H and O–H groups in total. The van der Waals surface area contributed by atoms with Crippen LogP contribution in [0.2, 0.25) is 0 Å². The number of nitrogens with one attached hydrogen (secondary N) is 1. The number of fused-ring (bicyclic) bond motifs is 1. The maximum absolute atomic E-state index is 12.9. The lowest BCUT2D eigenvalue weighted by Gasteiger charge is -2.10. The largest absolute Gasteiger partial charge is 0.497 e. The number of pyridine rings is 1. The molecule has 4 rings (SSSR count). The highest BCUT2D eigenvalue weighted by Crippen LogP contribution is 2.33. The molecule has 5 nitrogen and oxygen atoms in total. The van der Waals surface area contributed by atoms with E-state index >= 15 is 0 Å². The van der Waals surface area contributed by atoms with E-state index in [9.17, 15) is 18.0 Å². The minimum absolute atomic E-state index is 0.359. The van der Waals surface area contributed by atoms with E-state index in [-0.39, 0.29) is 0 Å². The second kappa shape index (κ2) is 7.55. The number of alkyl halides is 3. The van der Waals surface area contributed by atoms with Crippen molar-refractivity contribution in [3.05, 3.63) is 84.1 Å². The molecule has 2 aromatic heterocycles. The van der Waals surface area contributed by atoms with Crippen molar-refractivity contribution in [3.8, 4) is 17.0 Å². The molecule has 0 unspecified atom stereocenters. The Morgan fingerprint density at radius 1 is 1.03 bits per heavy atom. The number of halogens is 3. The number of carbonyl (C=O) groups is 1. The van der Waals surface area contributed by atoms with Crippen molar-refractivity contribution in [2.24, 2.45) is 0 Å². The van der Waals surface area contributed by atoms with Crippen LogP contribution in [0.4, 0.5) is 19.0 Å². The van der Waals surface area contributed by atoms with Gasteiger partial charge in [0.15, 0.2) is 0 Å². The van der Waals surface area contributed by atoms with Gasteiger partial charge in [-0.05, 0) is 42.5 Å². The standard InChI is InChI=1S/C22H16F3N3O2/c1-30-17-6-4-5-15(13-17)21(29)27-20-19(26-18-7-2-3-12-28(18)20)14-8-10-16(11-9-14)22(23,24)25/h2-13H,1H3,(H,27,29). The number of amides is 1. The number of aromatic nitrogens is 2. The number of benzene rings is 2. The molecule has 0 aliphatic heterocycles. The van der Waals surface area contributed by atoms with E-state index in [1.807, 2.05) is 0 Å². The van der Waals surface area contributed by atoms with Gasteiger partial charge in [-0.2, -0.15) is 13.2 Å². The summed E-state index contributed by atoms with van der Waals surface area (Å²) >= 11 is 0. The highest BCUT2D eigenvalue weighted by Gasteiger charge is 2.30. The number of nitrogens with zero attached hydrogens (tertiary/aromatic N) is 2. The number of anilines is 1. The summed E-state index contributed by atoms with van der Waals surface area (Å²) in [5.74, 6) is 0.495. The Labute approximate surface area is 169 Å². The first-order valence-electron chi connectivity index (χ1n) is 8.97. The van der Waals surface area contributed by atoms with Crippen LogP contribution >= 0.6 is 0 Å². The first-order valence-corrected chi connectivity index (χ1v) is 8.97. The number of methoxy groups -OCH3 is 1. The normalized spacial score (nSPS) is 11.5. The van der Waals surface area contributed by atoms with Gasteiger partial charge in [0.05, 0.1) is 12.7 Å². The Hall–Kier alpha value is -3.81. The van der Waals surface area contributed by atoms with Crippen LogP contribution in [-0.4, -0.2) is 22.4 Å². The quantitative estimate of drug-likeness (QED) is 0.497. The third kappa shape index (κ3) is 3.71. The maximum atomic E-state index is 12.9. The van der Waals surface area contributed by atoms with Crippen LogP contribution in [0.5, 0.6) is 5.75 Å². The lowest BCUT2D eigenvalue weighted by Crippen LogP contribution is -2.14. The molecule has 0 aliphatic carbocycles. The van der Waals surface area contributed by atoms with Gasteiger partial charge in [0, 0.05) is 17.3 Å². The Bertz CT molecular complexity index is 1210. The molecule has 2 heterocycles. The molecule has 0 fully saturated rings. The van der Waals surface area contributed by atoms with Crippen molar-refractivity contribution in [2.45, 2.75) is 6.18 Å². The molecule has 0 aliphatic rings. The molecule has 30 heavy (non-hydrogen) atoms. The molecule has 0 spiro atoms. The second-order valence-corrected chi connectivity index (χ2v) is 6.50. The van der Waals surface area contributed by atoms with Crippen molar-refractivity contribution in [1.82, 2.24) is 9.38 Å². The summed E-state index contributed by atoms with van der Waals surface area (Å²) in [4.78, 5) is 17.3. The zero-order valence-corrected chi connectivity index (χ0v) is 15.8. The lowest BCUT2D eigenvalue weighted by atomic mass is 10.1. The summed E-state index contributed by atoms with van der Waals surface area (Å²) in [5.41, 5.74) is 0.989. The third-order valence-electron chi connectivity index (χ3n) is 4.58. The highest BCUT2D eigenvalue weighted by atomic mass is 19.4. The molecule has 1 amide bonds. The fraction of sp³-hybridized carbons (Fsp3) is 0.0909. The average Bonchev–Trinajstić information content (AvgIpc) is 3.11. The Kier molecular flexibility index (Phi) is 4.91. The molecule has 0 saturated carbocycles. The van der Waals surface area contributed by atoms with E-state index in [0.29, 0.717) is 34.0 Å². The number of hydrogen-bond donors (Lipinski definition) is 1. The van der Waals surface area contributed by atoms with Gasteiger partial charge in [-0.15, -0.1) is 0 Å². The van der Waals surface area contributed by atoms with Crippen molar-refractivity contribution >= 4 is 17.4 Å². The monoisotopic (exact) mass is 411 g/mol. The fourth-order valence-corrected chi connectivity index (χ4v) is 3.08. The first-order chi connectivity index (χ1) is 14.4. The Morgan fingerprint density at radius 3 is 2.50 bits per heavy atom. The average molecular weight is 411 g/mol. The number of carbonyl (C=O) groups excluding carboxylic acids is 1. The van der Waals surface area contributed by atoms with E-state index in [0.717, 1.165) is 12.1 Å². The summed E-state index contributed by atoms with van der Waals surface area (Å²) in [5, 5.41) is 2.83. The minimum Gasteiger partial charge on any atom is -0.497 e. The van der Waals surface area contributed by atoms with E-state index in [1.165, 1.54) is 19.2 Å². The lowest BCUT2D eigenvalue weighted by molar-refractivity contribution is -0.137. The number of hydrogen-bond acceptors (Lipinski definition) is 3. The predicted molar refractivity (Wildman–Crippen MR) is 107 cm³/mol. The molecular weight excluding hydrogens is 395 g/mol. The van der Waals surface area contributed by atoms with Crippen molar-refractivity contribution < 1.29 is 22.7 Å². The highest BCUT2D eigenvalue weighted by molar-refractivity contribution is 6.06. The van der Waals surface area contributed by atoms with Gasteiger partial charge in [-0.3, -0.25) is 9.20 Å². The van der Waals surface area contributed by atoms with Crippen LogP contribution in [-0.2, 0) is 6.18 Å². The molecule has 152 valence electrons. The van der Waals surface area contributed by atoms with E-state index < -0.39 is 17.6 Å². The molecular formula is C22H16F3N3O2. The van der Waals surface area contributed by atoms with Gasteiger partial charge >= 0.3 is 6.18 Å². The minimum atomic E-state index is -4.43. The topological polar surface area (TPSA) is 55.6 Å². The Morgan fingerprint density at radius 2 is 1.80 bits per heavy atom. The SMILES string of the molecule is COc1cccc(C(=O)Nc2c(-c3ccc(C(F)(F)F)cc3)nc3ccccn23)c1. The molecule has 0 bridgehead atoms. The van der Waals surface area contributed by atoms with E-state index in [2.05, 4.69) is 10.3 Å². The molecule has 0 radical (unpaired) electrons. The van der Waals surface area contributed by atoms with Crippen LogP contribution in [0.1, 0.15) is 15.9 Å². The van der Waals surface area contributed by atoms with Crippen LogP contribution in [0, 0.1) is 0 Å². The smallest absolute Gasteiger partial charge is 0.416 e. The number of ether oxygens (including phenoxy) is 1. The maximum Gasteiger partial charge on any atom is 0.416 e. The number of rotatable bonds is 4. The van der Waals surface area contributed by atoms with E-state index in [1.54, 1.807) is 53.1 Å². The summed E-state index contributed by atoms with van der Waals surface area (Å²) in [6, 6.07) is 16.6. The second-order valence-electron chi connectivity index (χ2n) is 6.50. The van der Waals surface area contributed by atoms with Gasteiger partial charge in [-0.25, -0.2) is 4.98 Å². The predicted octanol–water partition coefficient (Wildman–Crippen LogP) is 5.28. The van der Waals surface area contributed by atoms with Crippen LogP contribution < -0.4 is 10.1 Å². The molecule has 2 aromatic carbocycles. The Balaban J connectivity index is 1.76. The summed E-state index contributed by atoms with van der Waals surface area (Å²) in [6.45, 7) is 0. The summed E-state index contributed by atoms with van der Waals surface area (Å²) < 4.78 is 45.5. The third-order valence-corrected chi connectivity index (χ3v) is 4.58. The number of imidazole rings is 1. The van der Waals surface area contributed by atoms with Crippen molar-refractivity contribution in [3.63, 3.8) is 0 Å². The van der Waals surface area contributed by atoms with Gasteiger partial charge in [0.1, 0.15) is 22.9 Å². The zero-order chi connectivity index (χ0) is 21.3. The van der Waals surface area contributed by atoms with Crippen LogP contribution in [0.3, 0.4) is 0 Å². The first kappa shape index (κ1) is 19.5. The van der Waals surface area contributed by atoms with Gasteiger partial charge in [0.2, 0.25) is 0 Å². The van der Waals surface area contributed by atoms with Crippen LogP contribution in [0.25, 0.3) is 16.9 Å². The van der Waals surface area contributed by atoms with Gasteiger partial charge in [-0.1, -0.05) is 24.3 Å². The van der Waals surface area contributed by atoms with E-state index in [4.69, 9.17) is 4.74 Å². The molecule has 8 heteroatoms. The summed E-state index contributed by atoms with van der Waals surface area (Å²) in [7, 11) is 1.50. The van der Waals surface area contributed by atoms with Crippen LogP contribution in [0.15, 0.2) is 72.9 Å². The molecule has 0 saturated heterocycles. The van der Waals surface area contributed by atoms with Gasteiger partial charge in [0.25, 0.3) is 5.91 Å².